The highest BCUT2D eigenvalue weighted by Crippen LogP contribution is 2.30. The molecule has 1 saturated heterocycles. The molecule has 1 aliphatic heterocycles. The van der Waals surface area contributed by atoms with Gasteiger partial charge in [0.25, 0.3) is 0 Å². The second-order valence-corrected chi connectivity index (χ2v) is 8.45. The number of aryl methyl sites for hydroxylation is 2. The van der Waals surface area contributed by atoms with Crippen LogP contribution in [0.2, 0.25) is 0 Å². The van der Waals surface area contributed by atoms with Gasteiger partial charge in [-0.25, -0.2) is 15.0 Å². The minimum Gasteiger partial charge on any atom is -0.348 e. The molecule has 4 aromatic heterocycles. The minimum atomic E-state index is 0. The normalized spacial score (nSPS) is 15.0. The predicted octanol–water partition coefficient (Wildman–Crippen LogP) is 3.63. The zero-order valence-electron chi connectivity index (χ0n) is 16.7. The van der Waals surface area contributed by atoms with Crippen LogP contribution in [-0.4, -0.2) is 50.5 Å². The Bertz CT molecular complexity index is 1160. The van der Waals surface area contributed by atoms with Crippen LogP contribution in [0.5, 0.6) is 0 Å². The maximum atomic E-state index is 4.87. The third kappa shape index (κ3) is 3.68. The van der Waals surface area contributed by atoms with Crippen LogP contribution in [0.1, 0.15) is 24.1 Å². The van der Waals surface area contributed by atoms with Crippen LogP contribution in [-0.2, 0) is 0 Å². The Labute approximate surface area is 179 Å². The van der Waals surface area contributed by atoms with Crippen LogP contribution in [0.25, 0.3) is 27.4 Å². The van der Waals surface area contributed by atoms with E-state index in [1.54, 1.807) is 11.3 Å². The van der Waals surface area contributed by atoms with Crippen molar-refractivity contribution >= 4 is 45.0 Å². The number of hydrogen-bond acceptors (Lipinski definition) is 7. The molecule has 0 aromatic carbocycles. The van der Waals surface area contributed by atoms with E-state index in [2.05, 4.69) is 50.8 Å². The summed E-state index contributed by atoms with van der Waals surface area (Å²) in [6.07, 6.45) is 8.21. The highest BCUT2D eigenvalue weighted by molar-refractivity contribution is 7.21. The summed E-state index contributed by atoms with van der Waals surface area (Å²) in [6.45, 7) is 6.22. The van der Waals surface area contributed by atoms with E-state index < -0.39 is 0 Å². The third-order valence-corrected chi connectivity index (χ3v) is 6.45. The van der Waals surface area contributed by atoms with Crippen LogP contribution < -0.4 is 10.2 Å². The van der Waals surface area contributed by atoms with Gasteiger partial charge in [-0.05, 0) is 51.4 Å². The first-order valence-electron chi connectivity index (χ1n) is 9.62. The number of halogens is 1. The first-order chi connectivity index (χ1) is 13.6. The molecule has 1 N–H and O–H groups in total. The number of thiazole rings is 1. The molecule has 0 bridgehead atoms. The number of nitrogens with zero attached hydrogens (tertiary/aromatic N) is 6. The molecular weight excluding hydrogens is 406 g/mol. The van der Waals surface area contributed by atoms with E-state index >= 15 is 0 Å². The highest BCUT2D eigenvalue weighted by Gasteiger charge is 2.21. The predicted molar refractivity (Wildman–Crippen MR) is 120 cm³/mol. The standard InChI is InChI=1S/C20H23N7S.ClH/c1-12-8-14(11-27-10-13(2)23-18(12)27)16-9-22-17-19(24-16)28-20(25-17)26(3)15-4-6-21-7-5-15;/h8-11,15,21H,4-7H2,1-3H3;1H. The van der Waals surface area contributed by atoms with Crippen LogP contribution in [0.3, 0.4) is 0 Å². The smallest absolute Gasteiger partial charge is 0.191 e. The summed E-state index contributed by atoms with van der Waals surface area (Å²) in [7, 11) is 2.13. The minimum absolute atomic E-state index is 0. The van der Waals surface area contributed by atoms with E-state index in [1.807, 2.05) is 19.3 Å². The first-order valence-corrected chi connectivity index (χ1v) is 10.4. The van der Waals surface area contributed by atoms with Gasteiger partial charge in [0.05, 0.1) is 17.6 Å². The second kappa shape index (κ2) is 7.85. The number of anilines is 1. The molecule has 0 unspecified atom stereocenters. The maximum absolute atomic E-state index is 4.87. The summed E-state index contributed by atoms with van der Waals surface area (Å²) in [5.74, 6) is 0. The van der Waals surface area contributed by atoms with E-state index in [0.29, 0.717) is 6.04 Å². The van der Waals surface area contributed by atoms with E-state index in [9.17, 15) is 0 Å². The third-order valence-electron chi connectivity index (χ3n) is 5.42. The molecule has 0 amide bonds. The molecule has 4 aromatic rings. The van der Waals surface area contributed by atoms with Gasteiger partial charge in [-0.3, -0.25) is 0 Å². The van der Waals surface area contributed by atoms with Gasteiger partial charge in [-0.15, -0.1) is 12.4 Å². The Morgan fingerprint density at radius 2 is 1.93 bits per heavy atom. The van der Waals surface area contributed by atoms with Crippen molar-refractivity contribution in [2.75, 3.05) is 25.0 Å². The summed E-state index contributed by atoms with van der Waals surface area (Å²) >= 11 is 1.62. The zero-order chi connectivity index (χ0) is 19.3. The molecule has 0 aliphatic carbocycles. The van der Waals surface area contributed by atoms with Gasteiger partial charge in [-0.1, -0.05) is 11.3 Å². The number of piperidine rings is 1. The van der Waals surface area contributed by atoms with Gasteiger partial charge in [0.2, 0.25) is 0 Å². The number of pyridine rings is 1. The van der Waals surface area contributed by atoms with Gasteiger partial charge < -0.3 is 14.6 Å². The van der Waals surface area contributed by atoms with E-state index in [1.165, 1.54) is 0 Å². The monoisotopic (exact) mass is 429 g/mol. The topological polar surface area (TPSA) is 71.2 Å². The second-order valence-electron chi connectivity index (χ2n) is 7.50. The molecule has 5 heterocycles. The van der Waals surface area contributed by atoms with Crippen molar-refractivity contribution < 1.29 is 0 Å². The number of aromatic nitrogens is 5. The Morgan fingerprint density at radius 3 is 2.72 bits per heavy atom. The van der Waals surface area contributed by atoms with Crippen molar-refractivity contribution in [3.8, 4) is 11.3 Å². The number of hydrogen-bond donors (Lipinski definition) is 1. The fourth-order valence-corrected chi connectivity index (χ4v) is 4.81. The number of rotatable bonds is 3. The number of nitrogens with one attached hydrogen (secondary N) is 1. The summed E-state index contributed by atoms with van der Waals surface area (Å²) in [5, 5.41) is 4.41. The molecule has 5 rings (SSSR count). The SMILES string of the molecule is Cc1cn2cc(-c3cnc4nc(N(C)C5CCNCC5)sc4n3)cc(C)c2n1.Cl. The Balaban J connectivity index is 0.00000205. The molecule has 0 saturated carbocycles. The van der Waals surface area contributed by atoms with Crippen molar-refractivity contribution in [3.63, 3.8) is 0 Å². The lowest BCUT2D eigenvalue weighted by atomic mass is 10.1. The summed E-state index contributed by atoms with van der Waals surface area (Å²) in [5.41, 5.74) is 5.75. The van der Waals surface area contributed by atoms with Crippen molar-refractivity contribution in [2.45, 2.75) is 32.7 Å². The molecule has 152 valence electrons. The van der Waals surface area contributed by atoms with Gasteiger partial charge in [-0.2, -0.15) is 4.98 Å². The lowest BCUT2D eigenvalue weighted by molar-refractivity contribution is 0.443. The molecule has 1 aliphatic rings. The largest absolute Gasteiger partial charge is 0.348 e. The van der Waals surface area contributed by atoms with Crippen molar-refractivity contribution in [3.05, 3.63) is 35.9 Å². The van der Waals surface area contributed by atoms with Crippen LogP contribution in [0.15, 0.2) is 24.7 Å². The van der Waals surface area contributed by atoms with Crippen molar-refractivity contribution in [1.29, 1.82) is 0 Å². The van der Waals surface area contributed by atoms with Gasteiger partial charge in [0, 0.05) is 31.0 Å². The Hall–Kier alpha value is -2.29. The quantitative estimate of drug-likeness (QED) is 0.536. The number of fused-ring (bicyclic) bond motifs is 2. The Kier molecular flexibility index (Phi) is 5.42. The lowest BCUT2D eigenvalue weighted by Crippen LogP contribution is -2.41. The van der Waals surface area contributed by atoms with Crippen molar-refractivity contribution in [1.82, 2.24) is 29.7 Å². The molecule has 0 spiro atoms. The molecule has 9 heteroatoms. The van der Waals surface area contributed by atoms with E-state index in [4.69, 9.17) is 9.97 Å². The van der Waals surface area contributed by atoms with Crippen LogP contribution in [0, 0.1) is 13.8 Å². The molecule has 0 atom stereocenters. The molecule has 7 nitrogen and oxygen atoms in total. The highest BCUT2D eigenvalue weighted by atomic mass is 35.5. The zero-order valence-corrected chi connectivity index (χ0v) is 18.3. The first kappa shape index (κ1) is 20.0. The van der Waals surface area contributed by atoms with Crippen LogP contribution in [0.4, 0.5) is 5.13 Å². The fourth-order valence-electron chi connectivity index (χ4n) is 3.88. The number of imidazole rings is 1. The summed E-state index contributed by atoms with van der Waals surface area (Å²) in [6, 6.07) is 2.65. The van der Waals surface area contributed by atoms with Crippen molar-refractivity contribution in [2.24, 2.45) is 0 Å². The summed E-state index contributed by atoms with van der Waals surface area (Å²) < 4.78 is 2.06. The van der Waals surface area contributed by atoms with Gasteiger partial charge in [0.15, 0.2) is 15.6 Å². The lowest BCUT2D eigenvalue weighted by Gasteiger charge is -2.31. The molecule has 0 radical (unpaired) electrons. The van der Waals surface area contributed by atoms with Gasteiger partial charge in [0.1, 0.15) is 5.65 Å². The van der Waals surface area contributed by atoms with Crippen LogP contribution >= 0.6 is 23.7 Å². The van der Waals surface area contributed by atoms with E-state index in [0.717, 1.165) is 69.7 Å². The maximum Gasteiger partial charge on any atom is 0.191 e. The molecular formula is C20H24ClN7S. The average molecular weight is 430 g/mol. The summed E-state index contributed by atoms with van der Waals surface area (Å²) in [4.78, 5) is 21.9. The van der Waals surface area contributed by atoms with Gasteiger partial charge >= 0.3 is 0 Å². The Morgan fingerprint density at radius 1 is 1.14 bits per heavy atom. The fraction of sp³-hybridized carbons (Fsp3) is 0.400. The molecule has 29 heavy (non-hydrogen) atoms. The molecule has 1 fully saturated rings. The average Bonchev–Trinajstić information content (AvgIpc) is 3.30. The van der Waals surface area contributed by atoms with E-state index in [-0.39, 0.29) is 12.4 Å².